The zero-order valence-electron chi connectivity index (χ0n) is 17.1. The van der Waals surface area contributed by atoms with Gasteiger partial charge < -0.3 is 10.2 Å². The monoisotopic (exact) mass is 402 g/mol. The predicted octanol–water partition coefficient (Wildman–Crippen LogP) is 3.77. The van der Waals surface area contributed by atoms with Crippen molar-refractivity contribution in [3.05, 3.63) is 83.6 Å². The van der Waals surface area contributed by atoms with E-state index in [1.165, 1.54) is 10.2 Å². The molecule has 0 bridgehead atoms. The van der Waals surface area contributed by atoms with Crippen LogP contribution in [0.25, 0.3) is 0 Å². The quantitative estimate of drug-likeness (QED) is 0.706. The van der Waals surface area contributed by atoms with Gasteiger partial charge in [-0.15, -0.1) is 0 Å². The van der Waals surface area contributed by atoms with Crippen molar-refractivity contribution in [3.8, 4) is 0 Å². The average Bonchev–Trinajstić information content (AvgIpc) is 3.15. The number of hydrogen-bond acceptors (Lipinski definition) is 3. The number of amides is 2. The van der Waals surface area contributed by atoms with Gasteiger partial charge in [0.25, 0.3) is 11.8 Å². The lowest BCUT2D eigenvalue weighted by molar-refractivity contribution is 0.0683. The molecule has 2 amide bonds. The number of carbonyl (C=O) groups is 2. The van der Waals surface area contributed by atoms with Crippen LogP contribution in [0.2, 0.25) is 0 Å². The Morgan fingerprint density at radius 3 is 2.30 bits per heavy atom. The normalized spacial score (nSPS) is 14.5. The molecule has 154 valence electrons. The molecule has 4 rings (SSSR count). The molecule has 1 saturated heterocycles. The van der Waals surface area contributed by atoms with E-state index in [2.05, 4.69) is 34.7 Å². The van der Waals surface area contributed by atoms with E-state index in [1.807, 2.05) is 29.2 Å². The summed E-state index contributed by atoms with van der Waals surface area (Å²) in [5.41, 5.74) is 2.28. The highest BCUT2D eigenvalue weighted by molar-refractivity contribution is 6.04. The molecule has 2 aromatic carbocycles. The van der Waals surface area contributed by atoms with Crippen molar-refractivity contribution in [1.82, 2.24) is 14.7 Å². The molecule has 0 spiro atoms. The molecule has 1 aliphatic rings. The van der Waals surface area contributed by atoms with Gasteiger partial charge in [-0.1, -0.05) is 48.5 Å². The van der Waals surface area contributed by atoms with Crippen molar-refractivity contribution in [2.24, 2.45) is 13.0 Å². The molecule has 1 aliphatic heterocycles. The number of nitrogens with one attached hydrogen (secondary N) is 1. The third-order valence-electron chi connectivity index (χ3n) is 5.65. The van der Waals surface area contributed by atoms with E-state index >= 15 is 0 Å². The van der Waals surface area contributed by atoms with Crippen molar-refractivity contribution < 1.29 is 9.59 Å². The summed E-state index contributed by atoms with van der Waals surface area (Å²) in [6.07, 6.45) is 3.04. The highest BCUT2D eigenvalue weighted by Gasteiger charge is 2.26. The Labute approximate surface area is 176 Å². The van der Waals surface area contributed by atoms with E-state index in [9.17, 15) is 9.59 Å². The van der Waals surface area contributed by atoms with Crippen LogP contribution in [0.4, 0.5) is 5.82 Å². The topological polar surface area (TPSA) is 67.2 Å². The van der Waals surface area contributed by atoms with Crippen molar-refractivity contribution in [2.75, 3.05) is 18.4 Å². The van der Waals surface area contributed by atoms with Crippen molar-refractivity contribution in [2.45, 2.75) is 19.3 Å². The fraction of sp³-hybridized carbons (Fsp3) is 0.292. The summed E-state index contributed by atoms with van der Waals surface area (Å²) in [6, 6.07) is 21.1. The summed E-state index contributed by atoms with van der Waals surface area (Å²) in [6.45, 7) is 1.47. The Bertz CT molecular complexity index is 1010. The summed E-state index contributed by atoms with van der Waals surface area (Å²) < 4.78 is 1.54. The number of piperidine rings is 1. The molecular weight excluding hydrogens is 376 g/mol. The maximum absolute atomic E-state index is 12.9. The van der Waals surface area contributed by atoms with Crippen LogP contribution in [0.5, 0.6) is 0 Å². The van der Waals surface area contributed by atoms with E-state index in [0.29, 0.717) is 23.0 Å². The molecular formula is C24H26N4O2. The molecule has 0 radical (unpaired) electrons. The van der Waals surface area contributed by atoms with Gasteiger partial charge in [0.05, 0.1) is 0 Å². The lowest BCUT2D eigenvalue weighted by atomic mass is 9.90. The van der Waals surface area contributed by atoms with Gasteiger partial charge in [0, 0.05) is 31.8 Å². The van der Waals surface area contributed by atoms with E-state index in [-0.39, 0.29) is 11.8 Å². The van der Waals surface area contributed by atoms with Gasteiger partial charge >= 0.3 is 0 Å². The number of rotatable bonds is 5. The fourth-order valence-electron chi connectivity index (χ4n) is 3.92. The van der Waals surface area contributed by atoms with Crippen LogP contribution < -0.4 is 5.32 Å². The SMILES string of the molecule is Cn1nc(C(=O)N2CCC(Cc3ccccc3)CC2)cc1NC(=O)c1ccccc1. The first-order chi connectivity index (χ1) is 14.6. The number of anilines is 1. The molecule has 0 saturated carbocycles. The minimum Gasteiger partial charge on any atom is -0.337 e. The first kappa shape index (κ1) is 19.9. The highest BCUT2D eigenvalue weighted by atomic mass is 16.2. The van der Waals surface area contributed by atoms with E-state index in [1.54, 1.807) is 25.2 Å². The number of hydrogen-bond donors (Lipinski definition) is 1. The number of likely N-dealkylation sites (tertiary alicyclic amines) is 1. The van der Waals surface area contributed by atoms with Crippen LogP contribution in [0.3, 0.4) is 0 Å². The Hall–Kier alpha value is -3.41. The molecule has 1 fully saturated rings. The van der Waals surface area contributed by atoms with Crippen molar-refractivity contribution in [3.63, 3.8) is 0 Å². The molecule has 1 N–H and O–H groups in total. The maximum Gasteiger partial charge on any atom is 0.274 e. The second kappa shape index (κ2) is 8.95. The molecule has 0 unspecified atom stereocenters. The van der Waals surface area contributed by atoms with Gasteiger partial charge in [0.15, 0.2) is 5.69 Å². The van der Waals surface area contributed by atoms with Crippen molar-refractivity contribution in [1.29, 1.82) is 0 Å². The van der Waals surface area contributed by atoms with Gasteiger partial charge in [-0.25, -0.2) is 0 Å². The van der Waals surface area contributed by atoms with E-state index in [0.717, 1.165) is 32.4 Å². The van der Waals surface area contributed by atoms with Crippen molar-refractivity contribution >= 4 is 17.6 Å². The summed E-state index contributed by atoms with van der Waals surface area (Å²) in [5.74, 6) is 0.801. The Balaban J connectivity index is 1.35. The average molecular weight is 402 g/mol. The van der Waals surface area contributed by atoms with Crippen LogP contribution >= 0.6 is 0 Å². The Kier molecular flexibility index (Phi) is 5.93. The number of carbonyl (C=O) groups excluding carboxylic acids is 2. The summed E-state index contributed by atoms with van der Waals surface area (Å²) in [5, 5.41) is 7.16. The number of nitrogens with zero attached hydrogens (tertiary/aromatic N) is 3. The number of aromatic nitrogens is 2. The van der Waals surface area contributed by atoms with Crippen LogP contribution in [0.15, 0.2) is 66.7 Å². The Morgan fingerprint density at radius 2 is 1.63 bits per heavy atom. The number of aryl methyl sites for hydroxylation is 1. The lowest BCUT2D eigenvalue weighted by Gasteiger charge is -2.31. The third-order valence-corrected chi connectivity index (χ3v) is 5.65. The summed E-state index contributed by atoms with van der Waals surface area (Å²) in [4.78, 5) is 27.2. The maximum atomic E-state index is 12.9. The molecule has 3 aromatic rings. The lowest BCUT2D eigenvalue weighted by Crippen LogP contribution is -2.39. The summed E-state index contributed by atoms with van der Waals surface area (Å²) in [7, 11) is 1.73. The van der Waals surface area contributed by atoms with Crippen LogP contribution in [0.1, 0.15) is 39.3 Å². The van der Waals surface area contributed by atoms with Gasteiger partial charge in [0.1, 0.15) is 5.82 Å². The number of benzene rings is 2. The van der Waals surface area contributed by atoms with E-state index < -0.39 is 0 Å². The van der Waals surface area contributed by atoms with Gasteiger partial charge in [-0.3, -0.25) is 14.3 Å². The summed E-state index contributed by atoms with van der Waals surface area (Å²) >= 11 is 0. The van der Waals surface area contributed by atoms with Gasteiger partial charge in [0.2, 0.25) is 0 Å². The molecule has 2 heterocycles. The second-order valence-electron chi connectivity index (χ2n) is 7.78. The van der Waals surface area contributed by atoms with Crippen LogP contribution in [0, 0.1) is 5.92 Å². The van der Waals surface area contributed by atoms with E-state index in [4.69, 9.17) is 0 Å². The fourth-order valence-corrected chi connectivity index (χ4v) is 3.92. The third kappa shape index (κ3) is 4.59. The first-order valence-electron chi connectivity index (χ1n) is 10.3. The molecule has 0 atom stereocenters. The molecule has 0 aliphatic carbocycles. The zero-order chi connectivity index (χ0) is 20.9. The molecule has 6 heteroatoms. The Morgan fingerprint density at radius 1 is 1.00 bits per heavy atom. The first-order valence-corrected chi connectivity index (χ1v) is 10.3. The smallest absolute Gasteiger partial charge is 0.274 e. The van der Waals surface area contributed by atoms with Gasteiger partial charge in [-0.05, 0) is 42.9 Å². The molecule has 1 aromatic heterocycles. The van der Waals surface area contributed by atoms with Gasteiger partial charge in [-0.2, -0.15) is 5.10 Å². The van der Waals surface area contributed by atoms with Crippen LogP contribution in [-0.2, 0) is 13.5 Å². The second-order valence-corrected chi connectivity index (χ2v) is 7.78. The van der Waals surface area contributed by atoms with Crippen LogP contribution in [-0.4, -0.2) is 39.6 Å². The largest absolute Gasteiger partial charge is 0.337 e. The molecule has 6 nitrogen and oxygen atoms in total. The predicted molar refractivity (Wildman–Crippen MR) is 116 cm³/mol. The molecule has 30 heavy (non-hydrogen) atoms. The zero-order valence-corrected chi connectivity index (χ0v) is 17.1. The standard InChI is InChI=1S/C24H26N4O2/c1-27-22(25-23(29)20-10-6-3-7-11-20)17-21(26-27)24(30)28-14-12-19(13-15-28)16-18-8-4-2-5-9-18/h2-11,17,19H,12-16H2,1H3,(H,25,29). The highest BCUT2D eigenvalue weighted by Crippen LogP contribution is 2.23. The minimum atomic E-state index is -0.223. The minimum absolute atomic E-state index is 0.0797.